The van der Waals surface area contributed by atoms with Crippen molar-refractivity contribution >= 4 is 33.6 Å². The van der Waals surface area contributed by atoms with Gasteiger partial charge in [-0.3, -0.25) is 4.79 Å². The fourth-order valence-corrected chi connectivity index (χ4v) is 1.50. The van der Waals surface area contributed by atoms with E-state index < -0.39 is 5.95 Å². The van der Waals surface area contributed by atoms with Crippen LogP contribution in [0.4, 0.5) is 4.39 Å². The van der Waals surface area contributed by atoms with Crippen LogP contribution in [0, 0.1) is 9.52 Å². The maximum atomic E-state index is 12.6. The van der Waals surface area contributed by atoms with Gasteiger partial charge >= 0.3 is 0 Å². The first-order chi connectivity index (χ1) is 6.16. The molecule has 0 aliphatic heterocycles. The summed E-state index contributed by atoms with van der Waals surface area (Å²) >= 11 is 1.92. The first-order valence-electron chi connectivity index (χ1n) is 3.52. The summed E-state index contributed by atoms with van der Waals surface area (Å²) in [6.45, 7) is 0. The van der Waals surface area contributed by atoms with Gasteiger partial charge in [-0.2, -0.15) is 4.39 Å². The first kappa shape index (κ1) is 8.61. The summed E-state index contributed by atoms with van der Waals surface area (Å²) in [6, 6.07) is 4.51. The van der Waals surface area contributed by atoms with E-state index in [1.165, 1.54) is 6.07 Å². The molecule has 13 heavy (non-hydrogen) atoms. The van der Waals surface area contributed by atoms with Crippen molar-refractivity contribution in [3.63, 3.8) is 0 Å². The Labute approximate surface area is 86.1 Å². The molecule has 0 aromatic carbocycles. The molecule has 0 amide bonds. The molecule has 1 N–H and O–H groups in total. The molecule has 0 aliphatic rings. The average molecular weight is 290 g/mol. The highest BCUT2D eigenvalue weighted by molar-refractivity contribution is 14.1. The van der Waals surface area contributed by atoms with Gasteiger partial charge in [0.25, 0.3) is 5.56 Å². The second-order valence-corrected chi connectivity index (χ2v) is 3.68. The number of halogens is 2. The monoisotopic (exact) mass is 290 g/mol. The lowest BCUT2D eigenvalue weighted by Gasteiger charge is -1.96. The number of hydrogen-bond acceptors (Lipinski definition) is 2. The minimum absolute atomic E-state index is 0.244. The molecule has 0 saturated carbocycles. The normalized spacial score (nSPS) is 10.6. The third-order valence-electron chi connectivity index (χ3n) is 1.62. The third-order valence-corrected chi connectivity index (χ3v) is 2.42. The van der Waals surface area contributed by atoms with Gasteiger partial charge in [0.1, 0.15) is 5.65 Å². The molecule has 0 spiro atoms. The molecule has 0 saturated heterocycles. The van der Waals surface area contributed by atoms with Gasteiger partial charge in [0.2, 0.25) is 5.95 Å². The van der Waals surface area contributed by atoms with Crippen LogP contribution in [0.5, 0.6) is 0 Å². The number of aromatic nitrogens is 2. The Bertz CT molecular complexity index is 523. The van der Waals surface area contributed by atoms with E-state index in [9.17, 15) is 9.18 Å². The van der Waals surface area contributed by atoms with Crippen LogP contribution in [-0.4, -0.2) is 9.97 Å². The topological polar surface area (TPSA) is 45.8 Å². The Balaban J connectivity index is 2.89. The van der Waals surface area contributed by atoms with E-state index in [2.05, 4.69) is 9.97 Å². The fraction of sp³-hybridized carbons (Fsp3) is 0. The third kappa shape index (κ3) is 1.55. The van der Waals surface area contributed by atoms with Gasteiger partial charge in [0.15, 0.2) is 0 Å². The molecule has 2 aromatic heterocycles. The van der Waals surface area contributed by atoms with Crippen LogP contribution in [0.25, 0.3) is 11.0 Å². The highest BCUT2D eigenvalue weighted by atomic mass is 127. The number of aromatic amines is 1. The van der Waals surface area contributed by atoms with Crippen molar-refractivity contribution < 1.29 is 4.39 Å². The molecule has 2 aromatic rings. The van der Waals surface area contributed by atoms with Gasteiger partial charge in [-0.05, 0) is 40.8 Å². The number of nitrogens with zero attached hydrogens (tertiary/aromatic N) is 1. The molecule has 0 fully saturated rings. The summed E-state index contributed by atoms with van der Waals surface area (Å²) in [5.41, 5.74) is 0.0385. The van der Waals surface area contributed by atoms with Crippen molar-refractivity contribution in [2.75, 3.05) is 0 Å². The largest absolute Gasteiger partial charge is 0.306 e. The minimum atomic E-state index is -0.593. The number of H-pyrrole nitrogens is 1. The smallest absolute Gasteiger partial charge is 0.263 e. The number of pyridine rings is 2. The van der Waals surface area contributed by atoms with Crippen LogP contribution in [0.3, 0.4) is 0 Å². The maximum Gasteiger partial charge on any atom is 0.263 e. The Hall–Kier alpha value is -0.980. The Kier molecular flexibility index (Phi) is 2.03. The van der Waals surface area contributed by atoms with Crippen LogP contribution in [0.2, 0.25) is 0 Å². The molecule has 3 nitrogen and oxygen atoms in total. The van der Waals surface area contributed by atoms with Crippen molar-refractivity contribution in [3.05, 3.63) is 38.1 Å². The maximum absolute atomic E-state index is 12.6. The van der Waals surface area contributed by atoms with Gasteiger partial charge in [-0.1, -0.05) is 0 Å². The van der Waals surface area contributed by atoms with E-state index in [0.29, 0.717) is 3.57 Å². The summed E-state index contributed by atoms with van der Waals surface area (Å²) in [5, 5.41) is 0.727. The van der Waals surface area contributed by atoms with Gasteiger partial charge in [-0.15, -0.1) is 0 Å². The molecular formula is C8H4FIN2O. The van der Waals surface area contributed by atoms with Crippen LogP contribution in [-0.2, 0) is 0 Å². The van der Waals surface area contributed by atoms with E-state index in [4.69, 9.17) is 0 Å². The summed E-state index contributed by atoms with van der Waals surface area (Å²) in [5.74, 6) is -0.593. The van der Waals surface area contributed by atoms with Crippen LogP contribution < -0.4 is 5.56 Å². The van der Waals surface area contributed by atoms with Crippen molar-refractivity contribution in [1.82, 2.24) is 9.97 Å². The van der Waals surface area contributed by atoms with Gasteiger partial charge in [-0.25, -0.2) is 4.98 Å². The standard InChI is InChI=1S/C8H4FIN2O/c9-6-2-1-4-3-5(10)8(13)12-7(4)11-6/h1-3H,(H,11,12,13). The highest BCUT2D eigenvalue weighted by Gasteiger charge is 2.01. The number of rotatable bonds is 0. The Morgan fingerprint density at radius 1 is 1.46 bits per heavy atom. The summed E-state index contributed by atoms with van der Waals surface area (Å²) in [7, 11) is 0. The van der Waals surface area contributed by atoms with Gasteiger partial charge < -0.3 is 4.98 Å². The zero-order valence-electron chi connectivity index (χ0n) is 6.34. The lowest BCUT2D eigenvalue weighted by atomic mass is 10.3. The molecular weight excluding hydrogens is 286 g/mol. The van der Waals surface area contributed by atoms with E-state index >= 15 is 0 Å². The predicted molar refractivity (Wildman–Crippen MR) is 55.0 cm³/mol. The predicted octanol–water partition coefficient (Wildman–Crippen LogP) is 1.67. The molecule has 5 heteroatoms. The SMILES string of the molecule is O=c1[nH]c2nc(F)ccc2cc1I. The lowest BCUT2D eigenvalue weighted by molar-refractivity contribution is 0.588. The van der Waals surface area contributed by atoms with E-state index in [1.807, 2.05) is 22.6 Å². The van der Waals surface area contributed by atoms with E-state index in [1.54, 1.807) is 12.1 Å². The Morgan fingerprint density at radius 2 is 2.23 bits per heavy atom. The minimum Gasteiger partial charge on any atom is -0.306 e. The van der Waals surface area contributed by atoms with Crippen molar-refractivity contribution in [3.8, 4) is 0 Å². The number of fused-ring (bicyclic) bond motifs is 1. The van der Waals surface area contributed by atoms with Crippen LogP contribution >= 0.6 is 22.6 Å². The quantitative estimate of drug-likeness (QED) is 0.592. The van der Waals surface area contributed by atoms with Crippen LogP contribution in [0.1, 0.15) is 0 Å². The molecule has 2 heterocycles. The zero-order chi connectivity index (χ0) is 9.42. The second-order valence-electron chi connectivity index (χ2n) is 2.52. The molecule has 2 rings (SSSR count). The van der Waals surface area contributed by atoms with Crippen molar-refractivity contribution in [1.29, 1.82) is 0 Å². The summed E-state index contributed by atoms with van der Waals surface area (Å²) < 4.78 is 13.2. The molecule has 0 atom stereocenters. The molecule has 66 valence electrons. The van der Waals surface area contributed by atoms with Crippen molar-refractivity contribution in [2.45, 2.75) is 0 Å². The fourth-order valence-electron chi connectivity index (χ4n) is 1.03. The molecule has 0 radical (unpaired) electrons. The Morgan fingerprint density at radius 3 is 3.00 bits per heavy atom. The zero-order valence-corrected chi connectivity index (χ0v) is 8.50. The molecule has 0 unspecified atom stereocenters. The van der Waals surface area contributed by atoms with Gasteiger partial charge in [0.05, 0.1) is 3.57 Å². The average Bonchev–Trinajstić information content (AvgIpc) is 2.08. The number of hydrogen-bond donors (Lipinski definition) is 1. The van der Waals surface area contributed by atoms with E-state index in [0.717, 1.165) is 5.39 Å². The summed E-state index contributed by atoms with van der Waals surface area (Å²) in [4.78, 5) is 17.2. The van der Waals surface area contributed by atoms with Crippen molar-refractivity contribution in [2.24, 2.45) is 0 Å². The lowest BCUT2D eigenvalue weighted by Crippen LogP contribution is -2.09. The van der Waals surface area contributed by atoms with Gasteiger partial charge in [0, 0.05) is 5.39 Å². The number of nitrogens with one attached hydrogen (secondary N) is 1. The second kappa shape index (κ2) is 3.06. The first-order valence-corrected chi connectivity index (χ1v) is 4.60. The molecule has 0 aliphatic carbocycles. The van der Waals surface area contributed by atoms with E-state index in [-0.39, 0.29) is 11.2 Å². The van der Waals surface area contributed by atoms with Crippen LogP contribution in [0.15, 0.2) is 23.0 Å². The molecule has 0 bridgehead atoms. The summed E-state index contributed by atoms with van der Waals surface area (Å²) in [6.07, 6.45) is 0. The highest BCUT2D eigenvalue weighted by Crippen LogP contribution is 2.09.